The van der Waals surface area contributed by atoms with E-state index >= 15 is 0 Å². The first-order chi connectivity index (χ1) is 10.8. The zero-order chi connectivity index (χ0) is 14.9. The van der Waals surface area contributed by atoms with Crippen molar-refractivity contribution >= 4 is 27.3 Å². The molecule has 2 unspecified atom stereocenters. The smallest absolute Gasteiger partial charge is 0.165 e. The summed E-state index contributed by atoms with van der Waals surface area (Å²) >= 11 is 1.65. The molecule has 1 heterocycles. The molecule has 0 saturated carbocycles. The zero-order valence-electron chi connectivity index (χ0n) is 12.2. The SMILES string of the molecule is O=C1C=CC(C2=CCCC=C2)CC1c1nc2ccccc2s1. The summed E-state index contributed by atoms with van der Waals surface area (Å²) in [6.45, 7) is 0. The Kier molecular flexibility index (Phi) is 3.51. The van der Waals surface area contributed by atoms with Crippen LogP contribution in [0.25, 0.3) is 10.2 Å². The minimum atomic E-state index is -0.0939. The van der Waals surface area contributed by atoms with Gasteiger partial charge >= 0.3 is 0 Å². The van der Waals surface area contributed by atoms with E-state index < -0.39 is 0 Å². The van der Waals surface area contributed by atoms with Crippen molar-refractivity contribution in [2.24, 2.45) is 5.92 Å². The second-order valence-corrected chi connectivity index (χ2v) is 6.92. The minimum Gasteiger partial charge on any atom is -0.294 e. The van der Waals surface area contributed by atoms with Crippen molar-refractivity contribution < 1.29 is 4.79 Å². The predicted octanol–water partition coefficient (Wildman–Crippen LogP) is 4.80. The van der Waals surface area contributed by atoms with E-state index in [1.54, 1.807) is 17.4 Å². The fourth-order valence-corrected chi connectivity index (χ4v) is 4.28. The zero-order valence-corrected chi connectivity index (χ0v) is 13.1. The third-order valence-electron chi connectivity index (χ3n) is 4.39. The molecule has 2 atom stereocenters. The van der Waals surface area contributed by atoms with Crippen LogP contribution < -0.4 is 0 Å². The molecule has 0 fully saturated rings. The summed E-state index contributed by atoms with van der Waals surface area (Å²) in [6, 6.07) is 8.11. The van der Waals surface area contributed by atoms with E-state index in [4.69, 9.17) is 4.98 Å². The lowest BCUT2D eigenvalue weighted by atomic mass is 9.80. The van der Waals surface area contributed by atoms with E-state index in [0.717, 1.165) is 34.5 Å². The van der Waals surface area contributed by atoms with Gasteiger partial charge in [0.2, 0.25) is 0 Å². The molecule has 2 aliphatic carbocycles. The number of allylic oxidation sites excluding steroid dienone is 6. The van der Waals surface area contributed by atoms with E-state index in [0.29, 0.717) is 5.92 Å². The van der Waals surface area contributed by atoms with E-state index in [2.05, 4.69) is 30.4 Å². The van der Waals surface area contributed by atoms with Gasteiger partial charge in [-0.1, -0.05) is 36.4 Å². The number of hydrogen-bond acceptors (Lipinski definition) is 3. The van der Waals surface area contributed by atoms with Crippen LogP contribution in [0.4, 0.5) is 0 Å². The number of nitrogens with zero attached hydrogens (tertiary/aromatic N) is 1. The number of para-hydroxylation sites is 1. The molecule has 0 aliphatic heterocycles. The van der Waals surface area contributed by atoms with Crippen molar-refractivity contribution in [1.82, 2.24) is 4.98 Å². The van der Waals surface area contributed by atoms with Crippen molar-refractivity contribution in [2.45, 2.75) is 25.2 Å². The van der Waals surface area contributed by atoms with Gasteiger partial charge in [-0.05, 0) is 43.0 Å². The third kappa shape index (κ3) is 2.46. The van der Waals surface area contributed by atoms with Gasteiger partial charge in [0.1, 0.15) is 5.01 Å². The Morgan fingerprint density at radius 2 is 2.05 bits per heavy atom. The number of rotatable bonds is 2. The summed E-state index contributed by atoms with van der Waals surface area (Å²) in [5.41, 5.74) is 2.35. The molecule has 2 nitrogen and oxygen atoms in total. The van der Waals surface area contributed by atoms with Crippen LogP contribution in [-0.2, 0) is 4.79 Å². The normalized spacial score (nSPS) is 24.7. The molecule has 0 N–H and O–H groups in total. The highest BCUT2D eigenvalue weighted by molar-refractivity contribution is 7.18. The summed E-state index contributed by atoms with van der Waals surface area (Å²) in [5, 5.41) is 0.959. The lowest BCUT2D eigenvalue weighted by Crippen LogP contribution is -2.20. The lowest BCUT2D eigenvalue weighted by Gasteiger charge is -2.24. The maximum absolute atomic E-state index is 12.3. The van der Waals surface area contributed by atoms with Crippen LogP contribution in [0.1, 0.15) is 30.2 Å². The van der Waals surface area contributed by atoms with Crippen molar-refractivity contribution in [3.63, 3.8) is 0 Å². The Hall–Kier alpha value is -2.00. The van der Waals surface area contributed by atoms with Crippen molar-refractivity contribution in [2.75, 3.05) is 0 Å². The molecule has 1 aromatic carbocycles. The van der Waals surface area contributed by atoms with Crippen molar-refractivity contribution in [3.8, 4) is 0 Å². The fraction of sp³-hybridized carbons (Fsp3) is 0.263. The van der Waals surface area contributed by atoms with Crippen LogP contribution in [0.2, 0.25) is 0 Å². The largest absolute Gasteiger partial charge is 0.294 e. The number of ketones is 1. The van der Waals surface area contributed by atoms with Gasteiger partial charge in [0.15, 0.2) is 5.78 Å². The molecule has 0 radical (unpaired) electrons. The van der Waals surface area contributed by atoms with Gasteiger partial charge < -0.3 is 0 Å². The maximum Gasteiger partial charge on any atom is 0.165 e. The summed E-state index contributed by atoms with van der Waals surface area (Å²) in [6.07, 6.45) is 13.6. The first-order valence-corrected chi connectivity index (χ1v) is 8.57. The molecule has 1 aromatic heterocycles. The lowest BCUT2D eigenvalue weighted by molar-refractivity contribution is -0.116. The molecule has 0 bridgehead atoms. The molecular formula is C19H17NOS. The molecule has 2 aromatic rings. The van der Waals surface area contributed by atoms with E-state index in [-0.39, 0.29) is 11.7 Å². The second kappa shape index (κ2) is 5.65. The Balaban J connectivity index is 1.66. The molecule has 22 heavy (non-hydrogen) atoms. The molecule has 0 amide bonds. The third-order valence-corrected chi connectivity index (χ3v) is 5.54. The highest BCUT2D eigenvalue weighted by Crippen LogP contribution is 2.37. The number of thiazole rings is 1. The van der Waals surface area contributed by atoms with Crippen LogP contribution in [0.15, 0.2) is 60.2 Å². The van der Waals surface area contributed by atoms with Crippen LogP contribution in [-0.4, -0.2) is 10.8 Å². The van der Waals surface area contributed by atoms with Gasteiger partial charge in [0, 0.05) is 5.92 Å². The second-order valence-electron chi connectivity index (χ2n) is 5.86. The molecule has 0 saturated heterocycles. The van der Waals surface area contributed by atoms with Gasteiger partial charge in [0.05, 0.1) is 16.1 Å². The molecule has 3 heteroatoms. The quantitative estimate of drug-likeness (QED) is 0.797. The van der Waals surface area contributed by atoms with Crippen molar-refractivity contribution in [3.05, 3.63) is 65.2 Å². The average molecular weight is 307 g/mol. The first kappa shape index (κ1) is 13.6. The number of aromatic nitrogens is 1. The van der Waals surface area contributed by atoms with Gasteiger partial charge in [0.25, 0.3) is 0 Å². The van der Waals surface area contributed by atoms with E-state index in [1.165, 1.54) is 5.57 Å². The molecule has 4 rings (SSSR count). The highest BCUT2D eigenvalue weighted by atomic mass is 32.1. The maximum atomic E-state index is 12.3. The Bertz CT molecular complexity index is 779. The number of benzene rings is 1. The standard InChI is InChI=1S/C19H17NOS/c21-17-11-10-14(13-6-2-1-3-7-13)12-15(17)19-20-16-8-4-5-9-18(16)22-19/h2,4-11,14-15H,1,3,12H2. The number of hydrogen-bond donors (Lipinski definition) is 0. The topological polar surface area (TPSA) is 30.0 Å². The molecular weight excluding hydrogens is 290 g/mol. The van der Waals surface area contributed by atoms with Crippen LogP contribution in [0, 0.1) is 5.92 Å². The van der Waals surface area contributed by atoms with E-state index in [9.17, 15) is 4.79 Å². The summed E-state index contributed by atoms with van der Waals surface area (Å²) < 4.78 is 1.16. The van der Waals surface area contributed by atoms with Crippen LogP contribution in [0.5, 0.6) is 0 Å². The Morgan fingerprint density at radius 3 is 2.86 bits per heavy atom. The number of fused-ring (bicyclic) bond motifs is 1. The highest BCUT2D eigenvalue weighted by Gasteiger charge is 2.29. The molecule has 110 valence electrons. The van der Waals surface area contributed by atoms with Gasteiger partial charge in [-0.15, -0.1) is 11.3 Å². The van der Waals surface area contributed by atoms with Gasteiger partial charge in [-0.2, -0.15) is 0 Å². The number of carbonyl (C=O) groups excluding carboxylic acids is 1. The fourth-order valence-electron chi connectivity index (χ4n) is 3.19. The van der Waals surface area contributed by atoms with Crippen molar-refractivity contribution in [1.29, 1.82) is 0 Å². The first-order valence-electron chi connectivity index (χ1n) is 7.75. The Morgan fingerprint density at radius 1 is 1.14 bits per heavy atom. The summed E-state index contributed by atoms with van der Waals surface area (Å²) in [4.78, 5) is 17.0. The van der Waals surface area contributed by atoms with Crippen LogP contribution in [0.3, 0.4) is 0 Å². The number of carbonyl (C=O) groups is 1. The monoisotopic (exact) mass is 307 g/mol. The summed E-state index contributed by atoms with van der Waals surface area (Å²) in [7, 11) is 0. The van der Waals surface area contributed by atoms with Crippen LogP contribution >= 0.6 is 11.3 Å². The molecule has 0 spiro atoms. The van der Waals surface area contributed by atoms with E-state index in [1.807, 2.05) is 18.2 Å². The van der Waals surface area contributed by atoms with Gasteiger partial charge in [-0.25, -0.2) is 4.98 Å². The average Bonchev–Trinajstić information content (AvgIpc) is 3.00. The Labute approximate surface area is 133 Å². The molecule has 2 aliphatic rings. The minimum absolute atomic E-state index is 0.0939. The summed E-state index contributed by atoms with van der Waals surface area (Å²) in [5.74, 6) is 0.436. The predicted molar refractivity (Wildman–Crippen MR) is 91.1 cm³/mol. The van der Waals surface area contributed by atoms with Gasteiger partial charge in [-0.3, -0.25) is 4.79 Å².